The summed E-state index contributed by atoms with van der Waals surface area (Å²) in [5.41, 5.74) is 3.02. The quantitative estimate of drug-likeness (QED) is 0.532. The number of hydrogen-bond acceptors (Lipinski definition) is 4. The van der Waals surface area contributed by atoms with Crippen LogP contribution >= 0.6 is 11.3 Å². The van der Waals surface area contributed by atoms with Gasteiger partial charge in [-0.15, -0.1) is 0 Å². The van der Waals surface area contributed by atoms with E-state index < -0.39 is 0 Å². The number of para-hydroxylation sites is 1. The van der Waals surface area contributed by atoms with E-state index >= 15 is 0 Å². The molecule has 1 N–H and O–H groups in total. The van der Waals surface area contributed by atoms with Gasteiger partial charge in [-0.3, -0.25) is 0 Å². The Kier molecular flexibility index (Phi) is 2.31. The highest BCUT2D eigenvalue weighted by molar-refractivity contribution is 7.20. The molecule has 0 atom stereocenters. The predicted molar refractivity (Wildman–Crippen MR) is 85.9 cm³/mol. The van der Waals surface area contributed by atoms with Crippen molar-refractivity contribution in [2.75, 3.05) is 0 Å². The van der Waals surface area contributed by atoms with Gasteiger partial charge in [-0.25, -0.2) is 9.50 Å². The first-order valence-corrected chi connectivity index (χ1v) is 7.67. The monoisotopic (exact) mass is 306 g/mol. The number of benzene rings is 1. The van der Waals surface area contributed by atoms with Crippen molar-refractivity contribution >= 4 is 27.2 Å². The molecule has 0 aliphatic rings. The van der Waals surface area contributed by atoms with Crippen LogP contribution in [-0.4, -0.2) is 19.6 Å². The fourth-order valence-corrected chi connectivity index (χ4v) is 3.51. The third-order valence-corrected chi connectivity index (χ3v) is 4.59. The van der Waals surface area contributed by atoms with Crippen LogP contribution in [0.2, 0.25) is 0 Å². The molecule has 5 nitrogen and oxygen atoms in total. The Morgan fingerprint density at radius 1 is 1.14 bits per heavy atom. The van der Waals surface area contributed by atoms with E-state index in [-0.39, 0.29) is 0 Å². The summed E-state index contributed by atoms with van der Waals surface area (Å²) in [6.07, 6.45) is 5.53. The van der Waals surface area contributed by atoms with E-state index in [2.05, 4.69) is 27.2 Å². The number of fused-ring (bicyclic) bond motifs is 2. The first-order valence-electron chi connectivity index (χ1n) is 6.85. The van der Waals surface area contributed by atoms with Gasteiger partial charge in [0, 0.05) is 22.7 Å². The minimum absolute atomic E-state index is 0.756. The summed E-state index contributed by atoms with van der Waals surface area (Å²) in [6.45, 7) is 0. The molecule has 0 spiro atoms. The number of furan rings is 1. The fraction of sp³-hybridized carbons (Fsp3) is 0. The van der Waals surface area contributed by atoms with Crippen molar-refractivity contribution in [2.24, 2.45) is 0 Å². The maximum Gasteiger partial charge on any atom is 0.213 e. The van der Waals surface area contributed by atoms with Crippen LogP contribution in [0.5, 0.6) is 0 Å². The molecular weight excluding hydrogens is 296 g/mol. The third-order valence-electron chi connectivity index (χ3n) is 3.64. The van der Waals surface area contributed by atoms with Crippen molar-refractivity contribution in [1.82, 2.24) is 19.6 Å². The van der Waals surface area contributed by atoms with E-state index in [1.54, 1.807) is 22.1 Å². The summed E-state index contributed by atoms with van der Waals surface area (Å²) in [7, 11) is 0. The number of aromatic amines is 1. The Labute approximate surface area is 128 Å². The van der Waals surface area contributed by atoms with Crippen molar-refractivity contribution in [1.29, 1.82) is 0 Å². The molecule has 5 aromatic rings. The van der Waals surface area contributed by atoms with Crippen molar-refractivity contribution in [2.45, 2.75) is 0 Å². The van der Waals surface area contributed by atoms with Gasteiger partial charge in [0.2, 0.25) is 4.96 Å². The lowest BCUT2D eigenvalue weighted by Gasteiger charge is -1.92. The average Bonchev–Trinajstić information content (AvgIpc) is 3.28. The number of H-pyrrole nitrogens is 1. The van der Waals surface area contributed by atoms with Crippen molar-refractivity contribution in [3.63, 3.8) is 0 Å². The molecule has 0 saturated heterocycles. The first-order chi connectivity index (χ1) is 10.9. The van der Waals surface area contributed by atoms with Gasteiger partial charge in [0.05, 0.1) is 12.5 Å². The Hall–Kier alpha value is -2.86. The normalized spacial score (nSPS) is 11.6. The molecule has 0 bridgehead atoms. The minimum Gasteiger partial charge on any atom is -0.463 e. The molecule has 5 rings (SSSR count). The molecular formula is C16H10N4OS. The summed E-state index contributed by atoms with van der Waals surface area (Å²) >= 11 is 1.57. The Balaban J connectivity index is 1.65. The SMILES string of the molecule is c1coc(-c2cn3nc(-c4c[nH]c5ccccc45)sc3n2)c1. The van der Waals surface area contributed by atoms with E-state index in [1.807, 2.05) is 36.7 Å². The van der Waals surface area contributed by atoms with E-state index in [0.29, 0.717) is 0 Å². The molecule has 106 valence electrons. The Morgan fingerprint density at radius 2 is 2.09 bits per heavy atom. The number of nitrogens with zero attached hydrogens (tertiary/aromatic N) is 3. The van der Waals surface area contributed by atoms with Crippen molar-refractivity contribution in [3.8, 4) is 22.0 Å². The van der Waals surface area contributed by atoms with Crippen molar-refractivity contribution in [3.05, 3.63) is 55.1 Å². The highest BCUT2D eigenvalue weighted by atomic mass is 32.1. The Morgan fingerprint density at radius 3 is 2.95 bits per heavy atom. The lowest BCUT2D eigenvalue weighted by atomic mass is 10.2. The van der Waals surface area contributed by atoms with Crippen LogP contribution in [0.15, 0.2) is 59.5 Å². The van der Waals surface area contributed by atoms with Crippen LogP contribution in [0.25, 0.3) is 37.9 Å². The highest BCUT2D eigenvalue weighted by Gasteiger charge is 2.14. The standard InChI is InChI=1S/C16H10N4OS/c1-2-5-12-10(4-1)11(8-17-12)15-19-20-9-13(18-16(20)22-15)14-6-3-7-21-14/h1-9,17H. The molecule has 22 heavy (non-hydrogen) atoms. The van der Waals surface area contributed by atoms with Gasteiger partial charge in [0.15, 0.2) is 5.76 Å². The first kappa shape index (κ1) is 11.8. The van der Waals surface area contributed by atoms with Crippen LogP contribution in [0.3, 0.4) is 0 Å². The van der Waals surface area contributed by atoms with Crippen LogP contribution in [0.1, 0.15) is 0 Å². The molecule has 0 aliphatic carbocycles. The highest BCUT2D eigenvalue weighted by Crippen LogP contribution is 2.32. The molecule has 0 saturated carbocycles. The number of hydrogen-bond donors (Lipinski definition) is 1. The van der Waals surface area contributed by atoms with E-state index in [4.69, 9.17) is 4.42 Å². The zero-order valence-corrected chi connectivity index (χ0v) is 12.2. The van der Waals surface area contributed by atoms with E-state index in [1.165, 1.54) is 5.39 Å². The van der Waals surface area contributed by atoms with Crippen molar-refractivity contribution < 1.29 is 4.42 Å². The largest absolute Gasteiger partial charge is 0.463 e. The lowest BCUT2D eigenvalue weighted by molar-refractivity contribution is 0.580. The molecule has 1 aromatic carbocycles. The molecule has 0 unspecified atom stereocenters. The molecule has 6 heteroatoms. The second-order valence-corrected chi connectivity index (χ2v) is 5.94. The fourth-order valence-electron chi connectivity index (χ4n) is 2.60. The average molecular weight is 306 g/mol. The number of aromatic nitrogens is 4. The summed E-state index contributed by atoms with van der Waals surface area (Å²) in [5.74, 6) is 0.756. The second-order valence-electron chi connectivity index (χ2n) is 4.99. The maximum absolute atomic E-state index is 5.37. The predicted octanol–water partition coefficient (Wildman–Crippen LogP) is 4.20. The number of imidazole rings is 1. The van der Waals surface area contributed by atoms with Gasteiger partial charge >= 0.3 is 0 Å². The zero-order valence-electron chi connectivity index (χ0n) is 11.4. The van der Waals surface area contributed by atoms with Gasteiger partial charge in [-0.1, -0.05) is 29.5 Å². The van der Waals surface area contributed by atoms with Gasteiger partial charge in [-0.05, 0) is 18.2 Å². The van der Waals surface area contributed by atoms with Crippen LogP contribution in [-0.2, 0) is 0 Å². The molecule has 4 heterocycles. The topological polar surface area (TPSA) is 59.1 Å². The zero-order chi connectivity index (χ0) is 14.5. The van der Waals surface area contributed by atoms with E-state index in [0.717, 1.165) is 32.5 Å². The summed E-state index contributed by atoms with van der Waals surface area (Å²) < 4.78 is 7.18. The second kappa shape index (κ2) is 4.32. The van der Waals surface area contributed by atoms with Crippen LogP contribution in [0.4, 0.5) is 0 Å². The minimum atomic E-state index is 0.756. The summed E-state index contributed by atoms with van der Waals surface area (Å²) in [6, 6.07) is 12.0. The van der Waals surface area contributed by atoms with Crippen LogP contribution < -0.4 is 0 Å². The van der Waals surface area contributed by atoms with Gasteiger partial charge in [0.1, 0.15) is 10.7 Å². The lowest BCUT2D eigenvalue weighted by Crippen LogP contribution is -1.81. The smallest absolute Gasteiger partial charge is 0.213 e. The summed E-state index contributed by atoms with van der Waals surface area (Å²) in [5, 5.41) is 6.77. The molecule has 0 fully saturated rings. The van der Waals surface area contributed by atoms with Gasteiger partial charge in [-0.2, -0.15) is 5.10 Å². The van der Waals surface area contributed by atoms with Gasteiger partial charge < -0.3 is 9.40 Å². The summed E-state index contributed by atoms with van der Waals surface area (Å²) in [4.78, 5) is 8.71. The molecule has 0 amide bonds. The third kappa shape index (κ3) is 1.64. The number of nitrogens with one attached hydrogen (secondary N) is 1. The molecule has 0 aliphatic heterocycles. The van der Waals surface area contributed by atoms with E-state index in [9.17, 15) is 0 Å². The maximum atomic E-state index is 5.37. The Bertz CT molecular complexity index is 1050. The molecule has 0 radical (unpaired) electrons. The molecule has 4 aromatic heterocycles. The number of rotatable bonds is 2. The van der Waals surface area contributed by atoms with Crippen LogP contribution in [0, 0.1) is 0 Å². The van der Waals surface area contributed by atoms with Gasteiger partial charge in [0.25, 0.3) is 0 Å².